The van der Waals surface area contributed by atoms with Crippen molar-refractivity contribution in [3.8, 4) is 11.8 Å². The number of hydrogen-bond donors (Lipinski definition) is 0. The Kier molecular flexibility index (Phi) is 7.01. The van der Waals surface area contributed by atoms with E-state index in [0.29, 0.717) is 0 Å². The van der Waals surface area contributed by atoms with E-state index in [9.17, 15) is 8.78 Å². The number of rotatable bonds is 5. The maximum absolute atomic E-state index is 13.8. The van der Waals surface area contributed by atoms with E-state index in [1.54, 1.807) is 0 Å². The largest absolute Gasteiger partial charge is 0.204 e. The van der Waals surface area contributed by atoms with Gasteiger partial charge in [-0.1, -0.05) is 43.7 Å². The third kappa shape index (κ3) is 5.32. The summed E-state index contributed by atoms with van der Waals surface area (Å²) in [6.45, 7) is 4.18. The molecule has 0 N–H and O–H groups in total. The molecule has 0 saturated carbocycles. The summed E-state index contributed by atoms with van der Waals surface area (Å²) in [6.07, 6.45) is 4.65. The minimum atomic E-state index is -0.801. The molecule has 0 radical (unpaired) electrons. The summed E-state index contributed by atoms with van der Waals surface area (Å²) in [5, 5.41) is 1.97. The van der Waals surface area contributed by atoms with Crippen LogP contribution in [0.4, 0.5) is 14.5 Å². The highest BCUT2D eigenvalue weighted by atomic mass is 32.1. The lowest BCUT2D eigenvalue weighted by Gasteiger charge is -2.04. The van der Waals surface area contributed by atoms with Crippen molar-refractivity contribution in [1.29, 1.82) is 0 Å². The molecular weight excluding hydrogens is 336 g/mol. The molecule has 1 nitrogen and oxygen atoms in total. The minimum absolute atomic E-state index is 0.254. The van der Waals surface area contributed by atoms with Crippen molar-refractivity contribution in [2.75, 3.05) is 0 Å². The highest BCUT2D eigenvalue weighted by Crippen LogP contribution is 2.23. The zero-order valence-corrected chi connectivity index (χ0v) is 15.1. The number of unbranched alkanes of at least 4 members (excludes halogenated alkanes) is 2. The van der Waals surface area contributed by atoms with Gasteiger partial charge in [0.2, 0.25) is 0 Å². The van der Waals surface area contributed by atoms with Gasteiger partial charge in [-0.15, -0.1) is 0 Å². The summed E-state index contributed by atoms with van der Waals surface area (Å²) in [7, 11) is 0. The Balaban J connectivity index is 2.22. The maximum atomic E-state index is 13.8. The van der Waals surface area contributed by atoms with Crippen LogP contribution in [0.15, 0.2) is 35.3 Å². The monoisotopic (exact) mass is 355 g/mol. The molecule has 0 aliphatic carbocycles. The molecule has 0 spiro atoms. The lowest BCUT2D eigenvalue weighted by Crippen LogP contribution is -1.90. The first-order chi connectivity index (χ1) is 12.0. The maximum Gasteiger partial charge on any atom is 0.153 e. The molecule has 25 heavy (non-hydrogen) atoms. The number of halogens is 2. The van der Waals surface area contributed by atoms with Crippen molar-refractivity contribution < 1.29 is 8.78 Å². The molecule has 4 heteroatoms. The fourth-order valence-electron chi connectivity index (χ4n) is 2.53. The van der Waals surface area contributed by atoms with Crippen LogP contribution in [0.5, 0.6) is 0 Å². The first-order valence-corrected chi connectivity index (χ1v) is 8.64. The zero-order valence-electron chi connectivity index (χ0n) is 14.3. The number of benzene rings is 2. The van der Waals surface area contributed by atoms with Crippen molar-refractivity contribution in [2.45, 2.75) is 39.5 Å². The van der Waals surface area contributed by atoms with Gasteiger partial charge in [-0.05, 0) is 61.3 Å². The van der Waals surface area contributed by atoms with E-state index in [0.717, 1.165) is 29.7 Å². The van der Waals surface area contributed by atoms with Crippen LogP contribution in [0.1, 0.15) is 48.4 Å². The van der Waals surface area contributed by atoms with Crippen molar-refractivity contribution >= 4 is 23.1 Å². The number of isothiocyanates is 1. The molecule has 0 unspecified atom stereocenters. The van der Waals surface area contributed by atoms with Crippen molar-refractivity contribution in [3.05, 3.63) is 64.2 Å². The second-order valence-corrected chi connectivity index (χ2v) is 6.03. The molecule has 0 aromatic heterocycles. The Morgan fingerprint density at radius 1 is 1.04 bits per heavy atom. The van der Waals surface area contributed by atoms with Crippen molar-refractivity contribution in [2.24, 2.45) is 4.99 Å². The standard InChI is InChI=1S/C21H19F2NS/c1-3-4-5-6-16-7-9-18(15(2)11-16)10-8-17-12-19(22)21(24-14-25)20(23)13-17/h7,9,11-13H,3-6H2,1-2H3. The molecule has 2 aromatic rings. The summed E-state index contributed by atoms with van der Waals surface area (Å²) < 4.78 is 27.6. The van der Waals surface area contributed by atoms with Crippen LogP contribution in [-0.2, 0) is 6.42 Å². The first-order valence-electron chi connectivity index (χ1n) is 8.23. The summed E-state index contributed by atoms with van der Waals surface area (Å²) in [5.74, 6) is 4.18. The third-order valence-corrected chi connectivity index (χ3v) is 3.97. The average molecular weight is 355 g/mol. The van der Waals surface area contributed by atoms with Gasteiger partial charge in [-0.25, -0.2) is 8.78 Å². The number of hydrogen-bond acceptors (Lipinski definition) is 2. The Bertz CT molecular complexity index is 848. The highest BCUT2D eigenvalue weighted by molar-refractivity contribution is 7.78. The molecule has 0 saturated heterocycles. The van der Waals surface area contributed by atoms with Gasteiger partial charge in [0, 0.05) is 11.1 Å². The predicted molar refractivity (Wildman–Crippen MR) is 101 cm³/mol. The van der Waals surface area contributed by atoms with E-state index < -0.39 is 17.3 Å². The van der Waals surface area contributed by atoms with E-state index in [4.69, 9.17) is 0 Å². The molecule has 2 aromatic carbocycles. The molecule has 0 aliphatic rings. The van der Waals surface area contributed by atoms with E-state index >= 15 is 0 Å². The molecule has 0 atom stereocenters. The van der Waals surface area contributed by atoms with E-state index in [1.807, 2.05) is 18.2 Å². The zero-order chi connectivity index (χ0) is 18.2. The van der Waals surface area contributed by atoms with Gasteiger partial charge in [0.1, 0.15) is 5.69 Å². The van der Waals surface area contributed by atoms with Crippen LogP contribution >= 0.6 is 12.2 Å². The van der Waals surface area contributed by atoms with Crippen LogP contribution in [0.3, 0.4) is 0 Å². The lowest BCUT2D eigenvalue weighted by molar-refractivity contribution is 0.587. The number of aryl methyl sites for hydroxylation is 2. The molecule has 0 heterocycles. The van der Waals surface area contributed by atoms with Crippen LogP contribution in [0.2, 0.25) is 0 Å². The second kappa shape index (κ2) is 9.22. The van der Waals surface area contributed by atoms with Gasteiger partial charge in [-0.3, -0.25) is 0 Å². The summed E-state index contributed by atoms with van der Waals surface area (Å²) in [4.78, 5) is 3.39. The number of aliphatic imine (C=N–C) groups is 1. The molecule has 2 rings (SSSR count). The molecule has 128 valence electrons. The topological polar surface area (TPSA) is 12.4 Å². The SMILES string of the molecule is CCCCCc1ccc(C#Cc2cc(F)c(N=C=S)c(F)c2)c(C)c1. The van der Waals surface area contributed by atoms with Crippen LogP contribution < -0.4 is 0 Å². The molecule has 0 bridgehead atoms. The number of thiocarbonyl (C=S) groups is 1. The smallest absolute Gasteiger partial charge is 0.153 e. The Morgan fingerprint density at radius 3 is 2.36 bits per heavy atom. The van der Waals surface area contributed by atoms with E-state index in [2.05, 4.69) is 48.1 Å². The summed E-state index contributed by atoms with van der Waals surface area (Å²) >= 11 is 4.38. The molecule has 0 aliphatic heterocycles. The van der Waals surface area contributed by atoms with Crippen LogP contribution in [0, 0.1) is 30.4 Å². The second-order valence-electron chi connectivity index (χ2n) is 5.85. The predicted octanol–water partition coefficient (Wildman–Crippen LogP) is 6.14. The van der Waals surface area contributed by atoms with Crippen molar-refractivity contribution in [3.63, 3.8) is 0 Å². The van der Waals surface area contributed by atoms with Gasteiger partial charge < -0.3 is 0 Å². The van der Waals surface area contributed by atoms with Gasteiger partial charge in [-0.2, -0.15) is 4.99 Å². The van der Waals surface area contributed by atoms with Crippen LogP contribution in [-0.4, -0.2) is 5.16 Å². The molecular formula is C21H19F2NS. The molecule has 0 fully saturated rings. The third-order valence-electron chi connectivity index (χ3n) is 3.88. The van der Waals surface area contributed by atoms with Gasteiger partial charge in [0.15, 0.2) is 11.6 Å². The van der Waals surface area contributed by atoms with E-state index in [-0.39, 0.29) is 5.56 Å². The van der Waals surface area contributed by atoms with Gasteiger partial charge in [0.25, 0.3) is 0 Å². The van der Waals surface area contributed by atoms with Crippen LogP contribution in [0.25, 0.3) is 0 Å². The lowest BCUT2D eigenvalue weighted by atomic mass is 10.0. The summed E-state index contributed by atoms with van der Waals surface area (Å²) in [5.41, 5.74) is 3.01. The van der Waals surface area contributed by atoms with E-state index in [1.165, 1.54) is 24.8 Å². The quantitative estimate of drug-likeness (QED) is 0.272. The van der Waals surface area contributed by atoms with Crippen molar-refractivity contribution in [1.82, 2.24) is 0 Å². The normalized spacial score (nSPS) is 9.92. The Hall–Kier alpha value is -2.34. The van der Waals surface area contributed by atoms with Gasteiger partial charge in [0.05, 0.1) is 5.16 Å². The highest BCUT2D eigenvalue weighted by Gasteiger charge is 2.09. The number of nitrogens with zero attached hydrogens (tertiary/aromatic N) is 1. The minimum Gasteiger partial charge on any atom is -0.204 e. The summed E-state index contributed by atoms with van der Waals surface area (Å²) in [6, 6.07) is 8.44. The fourth-order valence-corrected chi connectivity index (χ4v) is 2.62. The Morgan fingerprint density at radius 2 is 1.76 bits per heavy atom. The fraction of sp³-hybridized carbons (Fsp3) is 0.286. The average Bonchev–Trinajstić information content (AvgIpc) is 2.57. The Labute approximate surface area is 152 Å². The van der Waals surface area contributed by atoms with Gasteiger partial charge >= 0.3 is 0 Å². The molecule has 0 amide bonds. The first kappa shape index (κ1) is 19.0.